The smallest absolute Gasteiger partial charge is 0.311 e. The molecule has 2 N–H and O–H groups in total. The first kappa shape index (κ1) is 10.2. The average Bonchev–Trinajstić information content (AvgIpc) is 2.45. The summed E-state index contributed by atoms with van der Waals surface area (Å²) in [5.41, 5.74) is 2.17. The maximum Gasteiger partial charge on any atom is 0.341 e. The summed E-state index contributed by atoms with van der Waals surface area (Å²) in [4.78, 5) is 28.9. The molecule has 0 aliphatic carbocycles. The first-order valence-corrected chi connectivity index (χ1v) is 4.76. The lowest BCUT2D eigenvalue weighted by molar-refractivity contribution is -0.165. The van der Waals surface area contributed by atoms with Gasteiger partial charge in [0, 0.05) is 6.54 Å². The monoisotopic (exact) mass is 215 g/mol. The molecular formula is C8H13N3O4. The predicted octanol–water partition coefficient (Wildman–Crippen LogP) is -0.678. The Hall–Kier alpha value is -1.34. The van der Waals surface area contributed by atoms with Crippen molar-refractivity contribution in [2.75, 3.05) is 13.7 Å². The molecule has 0 aromatic heterocycles. The number of hydroxylamine groups is 3. The number of fused-ring (bicyclic) bond motifs is 2. The van der Waals surface area contributed by atoms with Crippen LogP contribution in [0.2, 0.25) is 0 Å². The standard InChI is InChI=1S/C8H13N3O4/c1-15-9-8(13)10-3-2-5-4-6(10)7(12)11(5)14/h5-6,14H,2-4H2,1H3,(H,9,13)/t5-,6?/m0/s1. The SMILES string of the molecule is CONC(=O)N1CC[C@H]2CC1C(=O)N2O. The Morgan fingerprint density at radius 2 is 2.40 bits per heavy atom. The van der Waals surface area contributed by atoms with E-state index < -0.39 is 18.0 Å². The molecule has 2 bridgehead atoms. The summed E-state index contributed by atoms with van der Waals surface area (Å²) in [6, 6.07) is -1.14. The first-order valence-electron chi connectivity index (χ1n) is 4.76. The molecule has 3 amide bonds. The molecule has 1 unspecified atom stereocenters. The summed E-state index contributed by atoms with van der Waals surface area (Å²) in [6.07, 6.45) is 1.09. The summed E-state index contributed by atoms with van der Waals surface area (Å²) in [7, 11) is 1.33. The Bertz CT molecular complexity index is 296. The molecule has 0 saturated carbocycles. The number of rotatable bonds is 1. The molecule has 7 nitrogen and oxygen atoms in total. The molecule has 2 aliphatic rings. The van der Waals surface area contributed by atoms with Crippen LogP contribution in [-0.4, -0.2) is 52.8 Å². The fourth-order valence-electron chi connectivity index (χ4n) is 2.12. The van der Waals surface area contributed by atoms with Crippen molar-refractivity contribution in [3.05, 3.63) is 0 Å². The van der Waals surface area contributed by atoms with Gasteiger partial charge in [0.1, 0.15) is 6.04 Å². The number of nitrogens with zero attached hydrogens (tertiary/aromatic N) is 2. The van der Waals surface area contributed by atoms with E-state index >= 15 is 0 Å². The lowest BCUT2D eigenvalue weighted by Gasteiger charge is -2.30. The molecule has 2 atom stereocenters. The third-order valence-electron chi connectivity index (χ3n) is 2.88. The fourth-order valence-corrected chi connectivity index (χ4v) is 2.12. The van der Waals surface area contributed by atoms with Gasteiger partial charge < -0.3 is 4.90 Å². The third-order valence-corrected chi connectivity index (χ3v) is 2.88. The largest absolute Gasteiger partial charge is 0.341 e. The topological polar surface area (TPSA) is 82.1 Å². The van der Waals surface area contributed by atoms with E-state index in [9.17, 15) is 14.8 Å². The number of hydrogen-bond donors (Lipinski definition) is 2. The minimum atomic E-state index is -0.552. The van der Waals surface area contributed by atoms with Gasteiger partial charge >= 0.3 is 6.03 Å². The van der Waals surface area contributed by atoms with E-state index in [0.717, 1.165) is 5.06 Å². The van der Waals surface area contributed by atoms with Gasteiger partial charge in [-0.3, -0.25) is 14.8 Å². The number of nitrogens with one attached hydrogen (secondary N) is 1. The summed E-state index contributed by atoms with van der Waals surface area (Å²) in [5, 5.41) is 10.1. The minimum absolute atomic E-state index is 0.144. The lowest BCUT2D eigenvalue weighted by atomic mass is 10.0. The lowest BCUT2D eigenvalue weighted by Crippen LogP contribution is -2.50. The molecular weight excluding hydrogens is 202 g/mol. The van der Waals surface area contributed by atoms with Crippen molar-refractivity contribution in [2.24, 2.45) is 0 Å². The van der Waals surface area contributed by atoms with Gasteiger partial charge in [0.25, 0.3) is 5.91 Å². The third kappa shape index (κ3) is 1.53. The molecule has 15 heavy (non-hydrogen) atoms. The molecule has 84 valence electrons. The summed E-state index contributed by atoms with van der Waals surface area (Å²) in [5.74, 6) is -0.413. The maximum absolute atomic E-state index is 11.5. The van der Waals surface area contributed by atoms with Crippen molar-refractivity contribution in [3.63, 3.8) is 0 Å². The van der Waals surface area contributed by atoms with E-state index in [-0.39, 0.29) is 6.04 Å². The quantitative estimate of drug-likeness (QED) is 0.448. The van der Waals surface area contributed by atoms with Crippen LogP contribution >= 0.6 is 0 Å². The van der Waals surface area contributed by atoms with E-state index in [1.807, 2.05) is 0 Å². The van der Waals surface area contributed by atoms with Gasteiger partial charge in [0.2, 0.25) is 0 Å². The van der Waals surface area contributed by atoms with Crippen LogP contribution < -0.4 is 5.48 Å². The second kappa shape index (κ2) is 3.67. The number of likely N-dealkylation sites (tertiary alicyclic amines) is 1. The molecule has 2 rings (SSSR count). The van der Waals surface area contributed by atoms with Crippen molar-refractivity contribution in [3.8, 4) is 0 Å². The van der Waals surface area contributed by atoms with Crippen molar-refractivity contribution in [1.82, 2.24) is 15.4 Å². The predicted molar refractivity (Wildman–Crippen MR) is 47.7 cm³/mol. The number of piperidine rings is 1. The molecule has 0 aromatic carbocycles. The summed E-state index contributed by atoms with van der Waals surface area (Å²) in [6.45, 7) is 0.452. The Labute approximate surface area is 86.5 Å². The second-order valence-electron chi connectivity index (χ2n) is 3.68. The van der Waals surface area contributed by atoms with E-state index in [0.29, 0.717) is 19.4 Å². The van der Waals surface area contributed by atoms with Crippen molar-refractivity contribution in [1.29, 1.82) is 0 Å². The zero-order valence-electron chi connectivity index (χ0n) is 8.34. The van der Waals surface area contributed by atoms with Crippen molar-refractivity contribution in [2.45, 2.75) is 24.9 Å². The zero-order valence-corrected chi connectivity index (χ0v) is 8.34. The molecule has 2 heterocycles. The van der Waals surface area contributed by atoms with Crippen LogP contribution in [0.5, 0.6) is 0 Å². The Balaban J connectivity index is 2.10. The maximum atomic E-state index is 11.5. The molecule has 0 radical (unpaired) electrons. The fraction of sp³-hybridized carbons (Fsp3) is 0.750. The molecule has 0 aromatic rings. The van der Waals surface area contributed by atoms with E-state index in [1.165, 1.54) is 12.0 Å². The average molecular weight is 215 g/mol. The zero-order chi connectivity index (χ0) is 11.0. The highest BCUT2D eigenvalue weighted by Crippen LogP contribution is 2.29. The van der Waals surface area contributed by atoms with E-state index in [1.54, 1.807) is 0 Å². The Morgan fingerprint density at radius 3 is 3.07 bits per heavy atom. The number of amides is 3. The van der Waals surface area contributed by atoms with Crippen molar-refractivity contribution >= 4 is 11.9 Å². The van der Waals surface area contributed by atoms with Gasteiger partial charge in [-0.25, -0.2) is 15.3 Å². The minimum Gasteiger partial charge on any atom is -0.311 e. The van der Waals surface area contributed by atoms with Crippen LogP contribution in [-0.2, 0) is 9.63 Å². The van der Waals surface area contributed by atoms with Gasteiger partial charge in [0.05, 0.1) is 13.2 Å². The van der Waals surface area contributed by atoms with Gasteiger partial charge in [-0.15, -0.1) is 0 Å². The molecule has 7 heteroatoms. The highest BCUT2D eigenvalue weighted by Gasteiger charge is 2.47. The first-order chi connectivity index (χ1) is 7.15. The molecule has 2 aliphatic heterocycles. The van der Waals surface area contributed by atoms with E-state index in [2.05, 4.69) is 10.3 Å². The van der Waals surface area contributed by atoms with Crippen LogP contribution in [0.4, 0.5) is 4.79 Å². The van der Waals surface area contributed by atoms with Crippen molar-refractivity contribution < 1.29 is 19.6 Å². The molecule has 2 fully saturated rings. The molecule has 0 spiro atoms. The van der Waals surface area contributed by atoms with Crippen LogP contribution in [0.1, 0.15) is 12.8 Å². The van der Waals surface area contributed by atoms with E-state index in [4.69, 9.17) is 0 Å². The molecule has 2 saturated heterocycles. The Kier molecular flexibility index (Phi) is 2.49. The number of urea groups is 1. The second-order valence-corrected chi connectivity index (χ2v) is 3.68. The highest BCUT2D eigenvalue weighted by molar-refractivity contribution is 5.88. The van der Waals surface area contributed by atoms with Crippen LogP contribution in [0.15, 0.2) is 0 Å². The van der Waals surface area contributed by atoms with Gasteiger partial charge in [-0.2, -0.15) is 0 Å². The van der Waals surface area contributed by atoms with Gasteiger partial charge in [-0.1, -0.05) is 0 Å². The number of carbonyl (C=O) groups excluding carboxylic acids is 2. The number of carbonyl (C=O) groups is 2. The normalized spacial score (nSPS) is 29.6. The summed E-state index contributed by atoms with van der Waals surface area (Å²) < 4.78 is 0. The number of hydrogen-bond acceptors (Lipinski definition) is 4. The van der Waals surface area contributed by atoms with Crippen LogP contribution in [0, 0.1) is 0 Å². The van der Waals surface area contributed by atoms with Crippen LogP contribution in [0.25, 0.3) is 0 Å². The summed E-state index contributed by atoms with van der Waals surface area (Å²) >= 11 is 0. The van der Waals surface area contributed by atoms with Crippen LogP contribution in [0.3, 0.4) is 0 Å². The van der Waals surface area contributed by atoms with Gasteiger partial charge in [0.15, 0.2) is 0 Å². The van der Waals surface area contributed by atoms with Gasteiger partial charge in [-0.05, 0) is 12.8 Å². The Morgan fingerprint density at radius 1 is 1.67 bits per heavy atom. The highest BCUT2D eigenvalue weighted by atomic mass is 16.6.